The molecule has 6 heteroatoms. The van der Waals surface area contributed by atoms with Crippen LogP contribution in [0.5, 0.6) is 0 Å². The average Bonchev–Trinajstić information content (AvgIpc) is 2.28. The van der Waals surface area contributed by atoms with Crippen LogP contribution in [0, 0.1) is 6.92 Å². The molecule has 1 heterocycles. The number of rotatable bonds is 4. The van der Waals surface area contributed by atoms with E-state index in [1.54, 1.807) is 6.92 Å². The van der Waals surface area contributed by atoms with E-state index in [4.69, 9.17) is 5.73 Å². The van der Waals surface area contributed by atoms with E-state index in [0.717, 1.165) is 0 Å². The van der Waals surface area contributed by atoms with Crippen LogP contribution in [0.25, 0.3) is 0 Å². The molecule has 0 aliphatic carbocycles. The molecule has 1 rings (SSSR count). The molecule has 1 aromatic rings. The highest BCUT2D eigenvalue weighted by molar-refractivity contribution is 5.72. The Bertz CT molecular complexity index is 422. The number of carbonyl (C=O) groups excluding carboxylic acids is 1. The second-order valence-corrected chi connectivity index (χ2v) is 3.54. The molecule has 0 spiro atoms. The summed E-state index contributed by atoms with van der Waals surface area (Å²) in [6.07, 6.45) is -2.78. The van der Waals surface area contributed by atoms with E-state index in [9.17, 15) is 13.6 Å². The molecule has 0 amide bonds. The number of ether oxygens (including phenoxy) is 1. The number of carbonyl (C=O) groups is 1. The van der Waals surface area contributed by atoms with E-state index >= 15 is 0 Å². The normalized spacial score (nSPS) is 10.7. The number of esters is 1. The lowest BCUT2D eigenvalue weighted by Gasteiger charge is -2.12. The van der Waals surface area contributed by atoms with E-state index in [1.807, 2.05) is 0 Å². The Morgan fingerprint density at radius 1 is 1.59 bits per heavy atom. The fourth-order valence-corrected chi connectivity index (χ4v) is 1.58. The highest BCUT2D eigenvalue weighted by Gasteiger charge is 2.19. The van der Waals surface area contributed by atoms with Crippen molar-refractivity contribution in [3.63, 3.8) is 0 Å². The average molecular weight is 244 g/mol. The Kier molecular flexibility index (Phi) is 4.51. The van der Waals surface area contributed by atoms with Gasteiger partial charge < -0.3 is 10.5 Å². The first-order valence-corrected chi connectivity index (χ1v) is 5.04. The van der Waals surface area contributed by atoms with Crippen LogP contribution in [0.4, 0.5) is 8.78 Å². The van der Waals surface area contributed by atoms with Crippen molar-refractivity contribution in [3.05, 3.63) is 28.6 Å². The highest BCUT2D eigenvalue weighted by atomic mass is 19.3. The Morgan fingerprint density at radius 3 is 2.71 bits per heavy atom. The topological polar surface area (TPSA) is 65.2 Å². The fraction of sp³-hybridized carbons (Fsp3) is 0.455. The number of halogens is 2. The van der Waals surface area contributed by atoms with Crippen LogP contribution < -0.4 is 5.73 Å². The SMILES string of the molecule is COC(=O)Cc1nc(C)cc(C(F)F)c1CN. The number of aromatic nitrogens is 1. The summed E-state index contributed by atoms with van der Waals surface area (Å²) in [5, 5.41) is 0. The molecular weight excluding hydrogens is 230 g/mol. The van der Waals surface area contributed by atoms with Gasteiger partial charge in [0.15, 0.2) is 0 Å². The van der Waals surface area contributed by atoms with E-state index in [0.29, 0.717) is 5.69 Å². The van der Waals surface area contributed by atoms with E-state index in [-0.39, 0.29) is 29.8 Å². The van der Waals surface area contributed by atoms with Gasteiger partial charge >= 0.3 is 5.97 Å². The maximum atomic E-state index is 12.8. The number of methoxy groups -OCH3 is 1. The third-order valence-electron chi connectivity index (χ3n) is 2.35. The number of alkyl halides is 2. The Hall–Kier alpha value is -1.56. The lowest BCUT2D eigenvalue weighted by Crippen LogP contribution is -2.14. The van der Waals surface area contributed by atoms with E-state index in [1.165, 1.54) is 13.2 Å². The van der Waals surface area contributed by atoms with Crippen LogP contribution in [0.1, 0.15) is 28.9 Å². The van der Waals surface area contributed by atoms with Gasteiger partial charge in [0.25, 0.3) is 6.43 Å². The Morgan fingerprint density at radius 2 is 2.24 bits per heavy atom. The number of hydrogen-bond donors (Lipinski definition) is 1. The van der Waals surface area contributed by atoms with Gasteiger partial charge in [0.05, 0.1) is 19.2 Å². The van der Waals surface area contributed by atoms with Crippen molar-refractivity contribution in [1.29, 1.82) is 0 Å². The van der Waals surface area contributed by atoms with E-state index < -0.39 is 12.4 Å². The monoisotopic (exact) mass is 244 g/mol. The molecule has 4 nitrogen and oxygen atoms in total. The fourth-order valence-electron chi connectivity index (χ4n) is 1.58. The molecule has 2 N–H and O–H groups in total. The van der Waals surface area contributed by atoms with Gasteiger partial charge in [0.1, 0.15) is 0 Å². The Labute approximate surface area is 97.8 Å². The number of hydrogen-bond acceptors (Lipinski definition) is 4. The van der Waals surface area contributed by atoms with Crippen LogP contribution in [-0.4, -0.2) is 18.1 Å². The summed E-state index contributed by atoms with van der Waals surface area (Å²) in [6.45, 7) is 1.51. The van der Waals surface area contributed by atoms with Gasteiger partial charge in [0, 0.05) is 17.8 Å². The highest BCUT2D eigenvalue weighted by Crippen LogP contribution is 2.25. The van der Waals surface area contributed by atoms with Gasteiger partial charge in [-0.15, -0.1) is 0 Å². The van der Waals surface area contributed by atoms with Crippen LogP contribution in [0.15, 0.2) is 6.07 Å². The zero-order chi connectivity index (χ0) is 13.0. The van der Waals surface area contributed by atoms with Gasteiger partial charge in [-0.3, -0.25) is 9.78 Å². The molecule has 0 saturated heterocycles. The lowest BCUT2D eigenvalue weighted by atomic mass is 10.0. The van der Waals surface area contributed by atoms with Gasteiger partial charge in [-0.25, -0.2) is 8.78 Å². The van der Waals surface area contributed by atoms with Gasteiger partial charge in [-0.1, -0.05) is 0 Å². The molecule has 0 aliphatic heterocycles. The summed E-state index contributed by atoms with van der Waals surface area (Å²) < 4.78 is 30.1. The van der Waals surface area contributed by atoms with Crippen LogP contribution in [-0.2, 0) is 22.5 Å². The molecule has 1 aromatic heterocycles. The predicted octanol–water partition coefficient (Wildman–Crippen LogP) is 1.50. The summed E-state index contributed by atoms with van der Waals surface area (Å²) >= 11 is 0. The zero-order valence-corrected chi connectivity index (χ0v) is 9.67. The van der Waals surface area contributed by atoms with Gasteiger partial charge in [-0.2, -0.15) is 0 Å². The van der Waals surface area contributed by atoms with Gasteiger partial charge in [-0.05, 0) is 18.6 Å². The molecule has 0 aromatic carbocycles. The van der Waals surface area contributed by atoms with E-state index in [2.05, 4.69) is 9.72 Å². The molecule has 0 atom stereocenters. The standard InChI is InChI=1S/C11H14F2N2O2/c1-6-3-7(11(12)13)8(5-14)9(15-6)4-10(16)17-2/h3,11H,4-5,14H2,1-2H3. The minimum Gasteiger partial charge on any atom is -0.469 e. The molecule has 0 bridgehead atoms. The van der Waals surface area contributed by atoms with Crippen molar-refractivity contribution < 1.29 is 18.3 Å². The molecule has 0 aliphatic rings. The summed E-state index contributed by atoms with van der Waals surface area (Å²) in [6, 6.07) is 1.29. The number of nitrogens with two attached hydrogens (primary N) is 1. The maximum absolute atomic E-state index is 12.8. The quantitative estimate of drug-likeness (QED) is 0.815. The first-order chi connectivity index (χ1) is 7.99. The van der Waals surface area contributed by atoms with Crippen LogP contribution in [0.2, 0.25) is 0 Å². The molecule has 17 heavy (non-hydrogen) atoms. The summed E-state index contributed by atoms with van der Waals surface area (Å²) in [5.74, 6) is -0.530. The molecule has 0 saturated carbocycles. The Balaban J connectivity index is 3.23. The van der Waals surface area contributed by atoms with Crippen molar-refractivity contribution in [3.8, 4) is 0 Å². The third-order valence-corrected chi connectivity index (χ3v) is 2.35. The molecule has 94 valence electrons. The van der Waals surface area contributed by atoms with Crippen molar-refractivity contribution >= 4 is 5.97 Å². The van der Waals surface area contributed by atoms with Crippen molar-refractivity contribution in [2.24, 2.45) is 5.73 Å². The lowest BCUT2D eigenvalue weighted by molar-refractivity contribution is -0.139. The first kappa shape index (κ1) is 13.5. The number of nitrogens with zero attached hydrogens (tertiary/aromatic N) is 1. The van der Waals surface area contributed by atoms with Crippen molar-refractivity contribution in [1.82, 2.24) is 4.98 Å². The van der Waals surface area contributed by atoms with Gasteiger partial charge in [0.2, 0.25) is 0 Å². The second kappa shape index (κ2) is 5.67. The number of aryl methyl sites for hydroxylation is 1. The molecule has 0 fully saturated rings. The molecule has 0 unspecified atom stereocenters. The smallest absolute Gasteiger partial charge is 0.311 e. The zero-order valence-electron chi connectivity index (χ0n) is 9.67. The third kappa shape index (κ3) is 3.20. The summed E-state index contributed by atoms with van der Waals surface area (Å²) in [5.41, 5.74) is 6.17. The summed E-state index contributed by atoms with van der Waals surface area (Å²) in [7, 11) is 1.23. The summed E-state index contributed by atoms with van der Waals surface area (Å²) in [4.78, 5) is 15.2. The largest absolute Gasteiger partial charge is 0.469 e. The van der Waals surface area contributed by atoms with Crippen molar-refractivity contribution in [2.75, 3.05) is 7.11 Å². The maximum Gasteiger partial charge on any atom is 0.311 e. The van der Waals surface area contributed by atoms with Crippen molar-refractivity contribution in [2.45, 2.75) is 26.3 Å². The second-order valence-electron chi connectivity index (χ2n) is 3.54. The minimum absolute atomic E-state index is 0.0840. The minimum atomic E-state index is -2.63. The molecule has 0 radical (unpaired) electrons. The number of pyridine rings is 1. The first-order valence-electron chi connectivity index (χ1n) is 5.04. The molecular formula is C11H14F2N2O2. The van der Waals surface area contributed by atoms with Crippen LogP contribution in [0.3, 0.4) is 0 Å². The van der Waals surface area contributed by atoms with Crippen LogP contribution >= 0.6 is 0 Å². The predicted molar refractivity (Wildman–Crippen MR) is 57.5 cm³/mol.